The summed E-state index contributed by atoms with van der Waals surface area (Å²) in [5.41, 5.74) is 0. The zero-order valence-electron chi connectivity index (χ0n) is 11.4. The van der Waals surface area contributed by atoms with Gasteiger partial charge in [-0.25, -0.2) is 0 Å². The van der Waals surface area contributed by atoms with Gasteiger partial charge < -0.3 is 10.4 Å². The fraction of sp³-hybridized carbons (Fsp3) is 1.00. The molecule has 0 radical (unpaired) electrons. The van der Waals surface area contributed by atoms with Gasteiger partial charge in [-0.1, -0.05) is 27.7 Å². The Morgan fingerprint density at radius 3 is 2.44 bits per heavy atom. The molecule has 0 bridgehead atoms. The molecule has 0 saturated heterocycles. The molecule has 0 spiro atoms. The molecular formula is C14H29NO. The minimum absolute atomic E-state index is 0.275. The van der Waals surface area contributed by atoms with Crippen LogP contribution in [-0.2, 0) is 0 Å². The van der Waals surface area contributed by atoms with Crippen molar-refractivity contribution < 1.29 is 5.11 Å². The highest BCUT2D eigenvalue weighted by Crippen LogP contribution is 2.29. The van der Waals surface area contributed by atoms with Crippen LogP contribution in [0.25, 0.3) is 0 Å². The van der Waals surface area contributed by atoms with Gasteiger partial charge in [0, 0.05) is 12.1 Å². The molecule has 96 valence electrons. The normalized spacial score (nSPS) is 33.0. The first-order chi connectivity index (χ1) is 7.52. The van der Waals surface area contributed by atoms with Gasteiger partial charge in [-0.2, -0.15) is 0 Å². The van der Waals surface area contributed by atoms with E-state index in [1.807, 2.05) is 0 Å². The minimum Gasteiger partial charge on any atom is -0.395 e. The molecule has 1 fully saturated rings. The monoisotopic (exact) mass is 227 g/mol. The summed E-state index contributed by atoms with van der Waals surface area (Å²) in [5.74, 6) is 2.29. The number of hydrogen-bond donors (Lipinski definition) is 2. The summed E-state index contributed by atoms with van der Waals surface area (Å²) in [6, 6.07) is 0.910. The Kier molecular flexibility index (Phi) is 5.77. The number of aliphatic hydroxyl groups is 1. The van der Waals surface area contributed by atoms with E-state index in [1.165, 1.54) is 19.3 Å². The molecule has 4 unspecified atom stereocenters. The molecule has 4 atom stereocenters. The van der Waals surface area contributed by atoms with Crippen LogP contribution in [0, 0.1) is 17.8 Å². The van der Waals surface area contributed by atoms with Crippen LogP contribution >= 0.6 is 0 Å². The van der Waals surface area contributed by atoms with Gasteiger partial charge in [0.1, 0.15) is 0 Å². The molecule has 0 aliphatic heterocycles. The zero-order valence-corrected chi connectivity index (χ0v) is 11.4. The summed E-state index contributed by atoms with van der Waals surface area (Å²) in [7, 11) is 0. The molecule has 0 heterocycles. The Balaban J connectivity index is 2.39. The van der Waals surface area contributed by atoms with E-state index in [0.29, 0.717) is 18.0 Å². The van der Waals surface area contributed by atoms with Crippen LogP contribution < -0.4 is 5.32 Å². The Morgan fingerprint density at radius 2 is 1.94 bits per heavy atom. The van der Waals surface area contributed by atoms with Crippen LogP contribution in [0.4, 0.5) is 0 Å². The van der Waals surface area contributed by atoms with Gasteiger partial charge in [-0.05, 0) is 43.4 Å². The first kappa shape index (κ1) is 14.0. The lowest BCUT2D eigenvalue weighted by atomic mass is 9.79. The van der Waals surface area contributed by atoms with Crippen LogP contribution in [0.2, 0.25) is 0 Å². The van der Waals surface area contributed by atoms with Crippen molar-refractivity contribution in [1.29, 1.82) is 0 Å². The second-order valence-electron chi connectivity index (χ2n) is 6.18. The van der Waals surface area contributed by atoms with Crippen molar-refractivity contribution in [2.45, 2.75) is 65.5 Å². The molecule has 0 aromatic heterocycles. The highest BCUT2D eigenvalue weighted by Gasteiger charge is 2.26. The molecule has 2 heteroatoms. The van der Waals surface area contributed by atoms with Crippen molar-refractivity contribution in [3.05, 3.63) is 0 Å². The van der Waals surface area contributed by atoms with Crippen LogP contribution in [0.3, 0.4) is 0 Å². The Bertz CT molecular complexity index is 193. The molecule has 0 amide bonds. The van der Waals surface area contributed by atoms with Gasteiger partial charge in [0.15, 0.2) is 0 Å². The summed E-state index contributed by atoms with van der Waals surface area (Å²) >= 11 is 0. The summed E-state index contributed by atoms with van der Waals surface area (Å²) < 4.78 is 0. The SMILES string of the molecule is CC(C)CC(CO)NC1CCC(C)CC1C. The lowest BCUT2D eigenvalue weighted by Gasteiger charge is -2.36. The maximum absolute atomic E-state index is 9.38. The van der Waals surface area contributed by atoms with Crippen LogP contribution in [-0.4, -0.2) is 23.8 Å². The fourth-order valence-corrected chi connectivity index (χ4v) is 2.98. The summed E-state index contributed by atoms with van der Waals surface area (Å²) in [4.78, 5) is 0. The Morgan fingerprint density at radius 1 is 1.25 bits per heavy atom. The van der Waals surface area contributed by atoms with Crippen molar-refractivity contribution in [3.63, 3.8) is 0 Å². The first-order valence-electron chi connectivity index (χ1n) is 6.89. The van der Waals surface area contributed by atoms with Crippen molar-refractivity contribution in [3.8, 4) is 0 Å². The summed E-state index contributed by atoms with van der Waals surface area (Å²) in [5, 5.41) is 13.0. The van der Waals surface area contributed by atoms with Crippen molar-refractivity contribution in [2.24, 2.45) is 17.8 Å². The van der Waals surface area contributed by atoms with Crippen LogP contribution in [0.15, 0.2) is 0 Å². The number of hydrogen-bond acceptors (Lipinski definition) is 2. The second kappa shape index (κ2) is 6.61. The molecule has 2 nitrogen and oxygen atoms in total. The lowest BCUT2D eigenvalue weighted by molar-refractivity contribution is 0.165. The zero-order chi connectivity index (χ0) is 12.1. The third-order valence-corrected chi connectivity index (χ3v) is 3.86. The number of aliphatic hydroxyl groups excluding tert-OH is 1. The van der Waals surface area contributed by atoms with Crippen molar-refractivity contribution in [2.75, 3.05) is 6.61 Å². The summed E-state index contributed by atoms with van der Waals surface area (Å²) in [6.45, 7) is 9.41. The maximum Gasteiger partial charge on any atom is 0.0584 e. The maximum atomic E-state index is 9.38. The van der Waals surface area contributed by atoms with Gasteiger partial charge in [0.05, 0.1) is 6.61 Å². The number of rotatable bonds is 5. The molecule has 0 aromatic rings. The molecule has 16 heavy (non-hydrogen) atoms. The molecule has 1 rings (SSSR count). The van der Waals surface area contributed by atoms with E-state index in [1.54, 1.807) is 0 Å². The number of nitrogens with one attached hydrogen (secondary N) is 1. The Hall–Kier alpha value is -0.0800. The molecule has 1 aliphatic rings. The van der Waals surface area contributed by atoms with Crippen molar-refractivity contribution in [1.82, 2.24) is 5.32 Å². The quantitative estimate of drug-likeness (QED) is 0.757. The van der Waals surface area contributed by atoms with Crippen molar-refractivity contribution >= 4 is 0 Å². The van der Waals surface area contributed by atoms with Crippen LogP contribution in [0.1, 0.15) is 53.4 Å². The molecular weight excluding hydrogens is 198 g/mol. The van der Waals surface area contributed by atoms with Crippen LogP contribution in [0.5, 0.6) is 0 Å². The smallest absolute Gasteiger partial charge is 0.0584 e. The highest BCUT2D eigenvalue weighted by atomic mass is 16.3. The van der Waals surface area contributed by atoms with Gasteiger partial charge in [-0.3, -0.25) is 0 Å². The predicted molar refractivity (Wildman–Crippen MR) is 69.4 cm³/mol. The van der Waals surface area contributed by atoms with Gasteiger partial charge in [0.25, 0.3) is 0 Å². The molecule has 1 saturated carbocycles. The fourth-order valence-electron chi connectivity index (χ4n) is 2.98. The summed E-state index contributed by atoms with van der Waals surface area (Å²) in [6.07, 6.45) is 5.02. The third-order valence-electron chi connectivity index (χ3n) is 3.86. The third kappa shape index (κ3) is 4.42. The second-order valence-corrected chi connectivity index (χ2v) is 6.18. The molecule has 0 aromatic carbocycles. The minimum atomic E-state index is 0.275. The van der Waals surface area contributed by atoms with E-state index < -0.39 is 0 Å². The van der Waals surface area contributed by atoms with E-state index in [0.717, 1.165) is 18.3 Å². The van der Waals surface area contributed by atoms with Gasteiger partial charge >= 0.3 is 0 Å². The van der Waals surface area contributed by atoms with E-state index in [-0.39, 0.29) is 6.61 Å². The van der Waals surface area contributed by atoms with E-state index in [4.69, 9.17) is 0 Å². The largest absolute Gasteiger partial charge is 0.395 e. The molecule has 1 aliphatic carbocycles. The standard InChI is InChI=1S/C14H29NO/c1-10(2)7-13(9-16)15-14-6-5-11(3)8-12(14)4/h10-16H,5-9H2,1-4H3. The topological polar surface area (TPSA) is 32.3 Å². The first-order valence-corrected chi connectivity index (χ1v) is 6.89. The van der Waals surface area contributed by atoms with E-state index in [2.05, 4.69) is 33.0 Å². The predicted octanol–water partition coefficient (Wildman–Crippen LogP) is 2.81. The van der Waals surface area contributed by atoms with E-state index >= 15 is 0 Å². The van der Waals surface area contributed by atoms with Gasteiger partial charge in [0.2, 0.25) is 0 Å². The molecule has 2 N–H and O–H groups in total. The average molecular weight is 227 g/mol. The lowest BCUT2D eigenvalue weighted by Crippen LogP contribution is -2.46. The highest BCUT2D eigenvalue weighted by molar-refractivity contribution is 4.84. The van der Waals surface area contributed by atoms with Gasteiger partial charge in [-0.15, -0.1) is 0 Å². The Labute approximate surface area is 101 Å². The average Bonchev–Trinajstić information content (AvgIpc) is 2.20. The van der Waals surface area contributed by atoms with E-state index in [9.17, 15) is 5.11 Å².